The molecule has 0 heterocycles. The normalized spacial score (nSPS) is 13.1. The largest absolute Gasteiger partial charge is 0.394 e. The van der Waals surface area contributed by atoms with Crippen LogP contribution in [0.1, 0.15) is 361 Å². The van der Waals surface area contributed by atoms with Crippen LogP contribution in [0.2, 0.25) is 0 Å². The first-order chi connectivity index (χ1) is 32.6. The first-order valence-corrected chi connectivity index (χ1v) is 30.8. The number of hydrogen-bond acceptors (Lipinski definition) is 4. The quantitative estimate of drug-likeness (QED) is 0.0458. The molecule has 0 radical (unpaired) electrons. The molecule has 5 nitrogen and oxygen atoms in total. The van der Waals surface area contributed by atoms with E-state index < -0.39 is 18.2 Å². The van der Waals surface area contributed by atoms with Crippen molar-refractivity contribution in [3.63, 3.8) is 0 Å². The molecule has 0 aliphatic carbocycles. The lowest BCUT2D eigenvalue weighted by Crippen LogP contribution is -2.50. The summed E-state index contributed by atoms with van der Waals surface area (Å²) in [5.41, 5.74) is 0. The van der Waals surface area contributed by atoms with Gasteiger partial charge < -0.3 is 20.6 Å². The number of amides is 1. The van der Waals surface area contributed by atoms with Crippen LogP contribution in [-0.4, -0.2) is 46.1 Å². The van der Waals surface area contributed by atoms with Crippen molar-refractivity contribution in [3.05, 3.63) is 0 Å². The van der Waals surface area contributed by atoms with Crippen LogP contribution < -0.4 is 5.32 Å². The van der Waals surface area contributed by atoms with Gasteiger partial charge in [0, 0.05) is 6.42 Å². The van der Waals surface area contributed by atoms with Crippen molar-refractivity contribution >= 4 is 5.91 Å². The van der Waals surface area contributed by atoms with Crippen molar-refractivity contribution in [1.82, 2.24) is 5.32 Å². The molecule has 0 aromatic heterocycles. The van der Waals surface area contributed by atoms with Gasteiger partial charge in [-0.1, -0.05) is 341 Å². The number of nitrogens with one attached hydrogen (secondary N) is 1. The summed E-state index contributed by atoms with van der Waals surface area (Å²) in [5, 5.41) is 33.8. The maximum absolute atomic E-state index is 12.5. The Morgan fingerprint density at radius 2 is 0.515 bits per heavy atom. The second-order valence-corrected chi connectivity index (χ2v) is 21.6. The van der Waals surface area contributed by atoms with Gasteiger partial charge in [-0.15, -0.1) is 0 Å². The molecule has 3 atom stereocenters. The van der Waals surface area contributed by atoms with Gasteiger partial charge in [0.05, 0.1) is 18.8 Å². The van der Waals surface area contributed by atoms with E-state index in [1.807, 2.05) is 0 Å². The van der Waals surface area contributed by atoms with Crippen LogP contribution in [0, 0.1) is 0 Å². The summed E-state index contributed by atoms with van der Waals surface area (Å²) in [5.74, 6) is -0.135. The Labute approximate surface area is 415 Å². The zero-order valence-corrected chi connectivity index (χ0v) is 45.4. The maximum Gasteiger partial charge on any atom is 0.220 e. The molecule has 0 aromatic rings. The van der Waals surface area contributed by atoms with Crippen molar-refractivity contribution in [1.29, 1.82) is 0 Å². The van der Waals surface area contributed by atoms with Gasteiger partial charge >= 0.3 is 0 Å². The van der Waals surface area contributed by atoms with Gasteiger partial charge in [0.2, 0.25) is 5.91 Å². The SMILES string of the molecule is CCCCCCCCCCCCCCCCCCCCCCCCCCCCCCCCCCCCCC(=O)NC(CO)C(O)C(O)CCCCCCCCCCCCCCCCCCC. The third-order valence-corrected chi connectivity index (χ3v) is 15.0. The fourth-order valence-electron chi connectivity index (χ4n) is 10.2. The number of unbranched alkanes of at least 4 members (excludes halogenated alkanes) is 50. The highest BCUT2D eigenvalue weighted by Gasteiger charge is 2.26. The van der Waals surface area contributed by atoms with E-state index in [4.69, 9.17) is 0 Å². The number of carbonyl (C=O) groups is 1. The lowest BCUT2D eigenvalue weighted by Gasteiger charge is -2.26. The molecule has 0 fully saturated rings. The summed E-state index contributed by atoms with van der Waals surface area (Å²) >= 11 is 0. The molecule has 0 saturated carbocycles. The first-order valence-electron chi connectivity index (χ1n) is 30.8. The summed E-state index contributed by atoms with van der Waals surface area (Å²) in [6.45, 7) is 4.23. The van der Waals surface area contributed by atoms with Gasteiger partial charge in [-0.2, -0.15) is 0 Å². The fraction of sp³-hybridized carbons (Fsp3) is 0.984. The lowest BCUT2D eigenvalue weighted by molar-refractivity contribution is -0.124. The zero-order valence-electron chi connectivity index (χ0n) is 45.4. The molecule has 1 amide bonds. The fourth-order valence-corrected chi connectivity index (χ4v) is 10.2. The van der Waals surface area contributed by atoms with Crippen molar-refractivity contribution in [3.8, 4) is 0 Å². The maximum atomic E-state index is 12.5. The van der Waals surface area contributed by atoms with Crippen LogP contribution in [0.3, 0.4) is 0 Å². The average molecular weight is 935 g/mol. The van der Waals surface area contributed by atoms with Gasteiger partial charge in [-0.3, -0.25) is 4.79 Å². The molecule has 0 rings (SSSR count). The standard InChI is InChI=1S/C61H123NO4/c1-3-5-7-9-11-13-15-17-19-21-22-23-24-25-26-27-28-29-30-31-32-33-34-35-36-37-38-40-42-44-46-48-50-52-54-56-60(65)62-58(57-63)61(66)59(64)55-53-51-49-47-45-43-41-39-20-18-16-14-12-10-8-6-4-2/h58-59,61,63-64,66H,3-57H2,1-2H3,(H,62,65). The zero-order chi connectivity index (χ0) is 47.9. The second-order valence-electron chi connectivity index (χ2n) is 21.6. The summed E-state index contributed by atoms with van der Waals surface area (Å²) in [6, 6.07) is -0.804. The van der Waals surface area contributed by atoms with E-state index in [1.165, 1.54) is 302 Å². The van der Waals surface area contributed by atoms with Crippen LogP contribution >= 0.6 is 0 Å². The molecule has 0 saturated heterocycles. The van der Waals surface area contributed by atoms with Crippen LogP contribution in [0.25, 0.3) is 0 Å². The average Bonchev–Trinajstić information content (AvgIpc) is 3.32. The summed E-state index contributed by atoms with van der Waals surface area (Å²) < 4.78 is 0. The Kier molecular flexibility index (Phi) is 56.4. The van der Waals surface area contributed by atoms with E-state index in [1.54, 1.807) is 0 Å². The van der Waals surface area contributed by atoms with E-state index >= 15 is 0 Å². The minimum absolute atomic E-state index is 0.135. The predicted octanol–water partition coefficient (Wildman–Crippen LogP) is 19.3. The first kappa shape index (κ1) is 65.3. The van der Waals surface area contributed by atoms with Crippen molar-refractivity contribution < 1.29 is 20.1 Å². The van der Waals surface area contributed by atoms with Gasteiger partial charge in [0.15, 0.2) is 0 Å². The van der Waals surface area contributed by atoms with Gasteiger partial charge in [-0.25, -0.2) is 0 Å². The Morgan fingerprint density at radius 1 is 0.318 bits per heavy atom. The Bertz CT molecular complexity index is 898. The lowest BCUT2D eigenvalue weighted by atomic mass is 9.99. The summed E-state index contributed by atoms with van der Waals surface area (Å²) in [7, 11) is 0. The third-order valence-electron chi connectivity index (χ3n) is 15.0. The molecule has 66 heavy (non-hydrogen) atoms. The molecular formula is C61H123NO4. The molecule has 0 aromatic carbocycles. The highest BCUT2D eigenvalue weighted by atomic mass is 16.3. The second kappa shape index (κ2) is 56.9. The van der Waals surface area contributed by atoms with Gasteiger partial charge in [0.25, 0.3) is 0 Å². The van der Waals surface area contributed by atoms with Crippen LogP contribution in [0.4, 0.5) is 0 Å². The van der Waals surface area contributed by atoms with Crippen molar-refractivity contribution in [2.45, 2.75) is 379 Å². The molecule has 0 spiro atoms. The molecule has 5 heteroatoms. The van der Waals surface area contributed by atoms with E-state index in [9.17, 15) is 20.1 Å². The van der Waals surface area contributed by atoms with E-state index in [0.717, 1.165) is 32.1 Å². The number of carbonyl (C=O) groups excluding carboxylic acids is 1. The highest BCUT2D eigenvalue weighted by Crippen LogP contribution is 2.19. The van der Waals surface area contributed by atoms with E-state index in [-0.39, 0.29) is 12.5 Å². The molecule has 0 aliphatic rings. The minimum Gasteiger partial charge on any atom is -0.394 e. The minimum atomic E-state index is -1.13. The third kappa shape index (κ3) is 51.2. The number of aliphatic hydroxyl groups is 3. The molecule has 0 bridgehead atoms. The number of rotatable bonds is 58. The number of hydrogen-bond donors (Lipinski definition) is 4. The van der Waals surface area contributed by atoms with Crippen LogP contribution in [0.15, 0.2) is 0 Å². The molecule has 3 unspecified atom stereocenters. The predicted molar refractivity (Wildman–Crippen MR) is 292 cm³/mol. The molecule has 396 valence electrons. The highest BCUT2D eigenvalue weighted by molar-refractivity contribution is 5.76. The molecule has 0 aliphatic heterocycles. The van der Waals surface area contributed by atoms with Gasteiger partial charge in [0.1, 0.15) is 6.10 Å². The summed E-state index contributed by atoms with van der Waals surface area (Å²) in [4.78, 5) is 12.5. The Hall–Kier alpha value is -0.650. The topological polar surface area (TPSA) is 89.8 Å². The Morgan fingerprint density at radius 3 is 0.727 bits per heavy atom. The van der Waals surface area contributed by atoms with Gasteiger partial charge in [-0.05, 0) is 12.8 Å². The summed E-state index contributed by atoms with van der Waals surface area (Å²) in [6.07, 6.45) is 70.1. The molecule has 4 N–H and O–H groups in total. The van der Waals surface area contributed by atoms with E-state index in [0.29, 0.717) is 12.8 Å². The Balaban J connectivity index is 3.41. The molecular weight excluding hydrogens is 811 g/mol. The van der Waals surface area contributed by atoms with Crippen molar-refractivity contribution in [2.24, 2.45) is 0 Å². The van der Waals surface area contributed by atoms with E-state index in [2.05, 4.69) is 19.2 Å². The van der Waals surface area contributed by atoms with Crippen molar-refractivity contribution in [2.75, 3.05) is 6.61 Å². The van der Waals surface area contributed by atoms with Crippen LogP contribution in [0.5, 0.6) is 0 Å². The monoisotopic (exact) mass is 934 g/mol. The van der Waals surface area contributed by atoms with Crippen LogP contribution in [-0.2, 0) is 4.79 Å². The number of aliphatic hydroxyl groups excluding tert-OH is 3. The smallest absolute Gasteiger partial charge is 0.220 e.